The Morgan fingerprint density at radius 3 is 2.24 bits per heavy atom. The zero-order chi connectivity index (χ0) is 28.3. The number of hydrogen-bond donors (Lipinski definition) is 1. The largest absolute Gasteiger partial charge is 0.459 e. The van der Waals surface area contributed by atoms with Crippen LogP contribution >= 0.6 is 0 Å². The van der Waals surface area contributed by atoms with Crippen LogP contribution < -0.4 is 0 Å². The second kappa shape index (κ2) is 9.99. The summed E-state index contributed by atoms with van der Waals surface area (Å²) in [5.74, 6) is 0.185. The maximum Gasteiger partial charge on any atom is 0.303 e. The number of esters is 1. The monoisotopic (exact) mass is 532 g/mol. The van der Waals surface area contributed by atoms with E-state index >= 15 is 0 Å². The molecule has 0 aromatic rings. The molecular weight excluding hydrogens is 480 g/mol. The summed E-state index contributed by atoms with van der Waals surface area (Å²) in [6.07, 6.45) is 7.43. The Bertz CT molecular complexity index is 954. The molecular formula is C32H52O6. The van der Waals surface area contributed by atoms with Crippen LogP contribution in [0.25, 0.3) is 0 Å². The average molecular weight is 533 g/mol. The summed E-state index contributed by atoms with van der Waals surface area (Å²) in [4.78, 5) is 25.3. The molecule has 0 amide bonds. The number of hydrogen-bond acceptors (Lipinski definition) is 6. The lowest BCUT2D eigenvalue weighted by atomic mass is 9.54. The van der Waals surface area contributed by atoms with Crippen molar-refractivity contribution in [2.75, 3.05) is 0 Å². The van der Waals surface area contributed by atoms with Gasteiger partial charge in [-0.2, -0.15) is 0 Å². The molecule has 4 fully saturated rings. The van der Waals surface area contributed by atoms with Crippen LogP contribution in [0.4, 0.5) is 0 Å². The van der Waals surface area contributed by atoms with Crippen molar-refractivity contribution in [3.63, 3.8) is 0 Å². The molecule has 2 saturated heterocycles. The Kier molecular flexibility index (Phi) is 7.82. The fraction of sp³-hybridized carbons (Fsp3) is 0.875. The molecule has 2 aliphatic heterocycles. The van der Waals surface area contributed by atoms with Crippen molar-refractivity contribution < 1.29 is 28.9 Å². The van der Waals surface area contributed by atoms with Crippen LogP contribution in [0.5, 0.6) is 0 Å². The SMILES string of the molecule is C=C1CC[C@@H]2OC(C)(C)[C@@H](O)CCC2(C)C1CC[C@@H]1[C@](C)(OC(C)=O)CCC2OC(C)(C)C(=O)CC[C@]21C. The third-order valence-corrected chi connectivity index (χ3v) is 11.2. The van der Waals surface area contributed by atoms with Gasteiger partial charge in [-0.1, -0.05) is 26.0 Å². The number of Topliss-reactive ketones (excluding diaryl/α,β-unsaturated/α-hetero) is 1. The molecule has 2 heterocycles. The summed E-state index contributed by atoms with van der Waals surface area (Å²) < 4.78 is 19.3. The van der Waals surface area contributed by atoms with Crippen LogP contribution in [0.1, 0.15) is 120 Å². The van der Waals surface area contributed by atoms with Gasteiger partial charge < -0.3 is 19.3 Å². The van der Waals surface area contributed by atoms with Crippen LogP contribution in [0.15, 0.2) is 12.2 Å². The van der Waals surface area contributed by atoms with Gasteiger partial charge >= 0.3 is 5.97 Å². The summed E-state index contributed by atoms with van der Waals surface area (Å²) >= 11 is 0. The minimum atomic E-state index is -0.800. The summed E-state index contributed by atoms with van der Waals surface area (Å²) in [7, 11) is 0. The molecule has 3 unspecified atom stereocenters. The van der Waals surface area contributed by atoms with Gasteiger partial charge in [-0.05, 0) is 98.3 Å². The van der Waals surface area contributed by atoms with Gasteiger partial charge in [-0.15, -0.1) is 0 Å². The number of aliphatic hydroxyl groups excluding tert-OH is 1. The van der Waals surface area contributed by atoms with Crippen LogP contribution in [0, 0.1) is 22.7 Å². The van der Waals surface area contributed by atoms with E-state index in [1.807, 2.05) is 27.7 Å². The lowest BCUT2D eigenvalue weighted by Gasteiger charge is -2.56. The van der Waals surface area contributed by atoms with E-state index in [1.165, 1.54) is 12.5 Å². The fourth-order valence-electron chi connectivity index (χ4n) is 8.71. The van der Waals surface area contributed by atoms with Crippen molar-refractivity contribution in [2.24, 2.45) is 22.7 Å². The van der Waals surface area contributed by atoms with Crippen LogP contribution in [0.3, 0.4) is 0 Å². The number of rotatable bonds is 4. The zero-order valence-corrected chi connectivity index (χ0v) is 25.2. The first-order chi connectivity index (χ1) is 17.4. The van der Waals surface area contributed by atoms with Gasteiger partial charge in [-0.25, -0.2) is 0 Å². The highest BCUT2D eigenvalue weighted by atomic mass is 16.6. The summed E-state index contributed by atoms with van der Waals surface area (Å²) in [5, 5.41) is 10.8. The van der Waals surface area contributed by atoms with Gasteiger partial charge in [0.1, 0.15) is 11.2 Å². The predicted molar refractivity (Wildman–Crippen MR) is 148 cm³/mol. The molecule has 216 valence electrons. The van der Waals surface area contributed by atoms with Crippen molar-refractivity contribution in [1.82, 2.24) is 0 Å². The highest BCUT2D eigenvalue weighted by Gasteiger charge is 2.59. The molecule has 1 N–H and O–H groups in total. The number of aliphatic hydroxyl groups is 1. The Morgan fingerprint density at radius 2 is 1.58 bits per heavy atom. The lowest BCUT2D eigenvalue weighted by Crippen LogP contribution is -2.58. The predicted octanol–water partition coefficient (Wildman–Crippen LogP) is 6.32. The molecule has 6 heteroatoms. The fourth-order valence-corrected chi connectivity index (χ4v) is 8.71. The van der Waals surface area contributed by atoms with Crippen molar-refractivity contribution in [1.29, 1.82) is 0 Å². The van der Waals surface area contributed by atoms with E-state index in [-0.39, 0.29) is 46.6 Å². The molecule has 8 atom stereocenters. The summed E-state index contributed by atoms with van der Waals surface area (Å²) in [6.45, 7) is 20.5. The molecule has 38 heavy (non-hydrogen) atoms. The minimum Gasteiger partial charge on any atom is -0.459 e. The standard InChI is InChI=1S/C32H52O6/c1-20-10-13-26-30(7,17-14-24(34)28(3,4)37-26)22(20)11-12-23-31(8)18-15-25(35)29(5,6)38-27(31)16-19-32(23,9)36-21(2)33/h22-24,26-27,34H,1,10-19H2,2-9H3/t22?,23-,24-,26-,27?,30?,31-,32+/m0/s1. The Morgan fingerprint density at radius 1 is 0.921 bits per heavy atom. The average Bonchev–Trinajstić information content (AvgIpc) is 2.95. The van der Waals surface area contributed by atoms with Crippen molar-refractivity contribution in [3.05, 3.63) is 12.2 Å². The topological polar surface area (TPSA) is 82.1 Å². The zero-order valence-electron chi connectivity index (χ0n) is 25.2. The van der Waals surface area contributed by atoms with Gasteiger partial charge in [0.15, 0.2) is 5.78 Å². The third-order valence-electron chi connectivity index (χ3n) is 11.2. The Hall–Kier alpha value is -1.24. The first kappa shape index (κ1) is 29.7. The van der Waals surface area contributed by atoms with E-state index in [9.17, 15) is 14.7 Å². The first-order valence-corrected chi connectivity index (χ1v) is 14.9. The molecule has 0 aromatic carbocycles. The van der Waals surface area contributed by atoms with E-state index in [0.29, 0.717) is 12.8 Å². The van der Waals surface area contributed by atoms with E-state index in [0.717, 1.165) is 51.4 Å². The van der Waals surface area contributed by atoms with Crippen LogP contribution in [-0.4, -0.2) is 52.0 Å². The Labute approximate surface area is 230 Å². The second-order valence-corrected chi connectivity index (χ2v) is 14.6. The molecule has 0 bridgehead atoms. The minimum absolute atomic E-state index is 0.0462. The number of carbonyl (C=O) groups is 2. The van der Waals surface area contributed by atoms with Crippen molar-refractivity contribution >= 4 is 11.8 Å². The number of carbonyl (C=O) groups excluding carboxylic acids is 2. The molecule has 0 radical (unpaired) electrons. The van der Waals surface area contributed by atoms with Gasteiger partial charge in [0.25, 0.3) is 0 Å². The third kappa shape index (κ3) is 5.14. The van der Waals surface area contributed by atoms with Crippen molar-refractivity contribution in [2.45, 2.75) is 155 Å². The summed E-state index contributed by atoms with van der Waals surface area (Å²) in [6, 6.07) is 0. The van der Waals surface area contributed by atoms with Gasteiger partial charge in [0.2, 0.25) is 0 Å². The molecule has 0 spiro atoms. The van der Waals surface area contributed by atoms with E-state index in [2.05, 4.69) is 27.4 Å². The van der Waals surface area contributed by atoms with E-state index in [4.69, 9.17) is 14.2 Å². The molecule has 4 rings (SSSR count). The highest BCUT2D eigenvalue weighted by molar-refractivity contribution is 5.86. The normalized spacial score (nSPS) is 44.8. The molecule has 4 aliphatic rings. The molecule has 6 nitrogen and oxygen atoms in total. The lowest BCUT2D eigenvalue weighted by molar-refractivity contribution is -0.212. The second-order valence-electron chi connectivity index (χ2n) is 14.6. The summed E-state index contributed by atoms with van der Waals surface area (Å²) in [5.41, 5.74) is -1.13. The van der Waals surface area contributed by atoms with Crippen LogP contribution in [0.2, 0.25) is 0 Å². The molecule has 0 aromatic heterocycles. The number of ketones is 1. The van der Waals surface area contributed by atoms with Gasteiger partial charge in [0, 0.05) is 30.1 Å². The maximum absolute atomic E-state index is 13.0. The number of ether oxygens (including phenoxy) is 3. The Balaban J connectivity index is 1.66. The van der Waals surface area contributed by atoms with Crippen LogP contribution in [-0.2, 0) is 23.8 Å². The molecule has 2 saturated carbocycles. The highest BCUT2D eigenvalue weighted by Crippen LogP contribution is 2.58. The number of allylic oxidation sites excluding steroid dienone is 1. The van der Waals surface area contributed by atoms with E-state index < -0.39 is 22.9 Å². The quantitative estimate of drug-likeness (QED) is 0.337. The number of fused-ring (bicyclic) bond motifs is 2. The van der Waals surface area contributed by atoms with Crippen molar-refractivity contribution in [3.8, 4) is 0 Å². The first-order valence-electron chi connectivity index (χ1n) is 14.9. The van der Waals surface area contributed by atoms with E-state index in [1.54, 1.807) is 0 Å². The van der Waals surface area contributed by atoms with Gasteiger partial charge in [0.05, 0.1) is 23.9 Å². The smallest absolute Gasteiger partial charge is 0.303 e. The molecule has 2 aliphatic carbocycles. The maximum atomic E-state index is 13.0. The van der Waals surface area contributed by atoms with Gasteiger partial charge in [-0.3, -0.25) is 9.59 Å².